The summed E-state index contributed by atoms with van der Waals surface area (Å²) in [6, 6.07) is 1.76. The van der Waals surface area contributed by atoms with Crippen LogP contribution in [0, 0.1) is 5.92 Å². The first-order chi connectivity index (χ1) is 9.42. The Morgan fingerprint density at radius 1 is 0.947 bits per heavy atom. The van der Waals surface area contributed by atoms with Crippen LogP contribution < -0.4 is 5.32 Å². The van der Waals surface area contributed by atoms with Crippen molar-refractivity contribution < 1.29 is 0 Å². The predicted octanol–water partition coefficient (Wildman–Crippen LogP) is 3.13. The molecular weight excluding hydrogens is 252 g/mol. The molecule has 110 valence electrons. The van der Waals surface area contributed by atoms with Gasteiger partial charge in [0.2, 0.25) is 0 Å². The minimum absolute atomic E-state index is 0.812. The lowest BCUT2D eigenvalue weighted by Crippen LogP contribution is -2.44. The molecule has 3 heteroatoms. The van der Waals surface area contributed by atoms with Crippen molar-refractivity contribution >= 4 is 11.8 Å². The van der Waals surface area contributed by atoms with E-state index in [1.54, 1.807) is 0 Å². The highest BCUT2D eigenvalue weighted by Crippen LogP contribution is 2.27. The Labute approximate surface area is 123 Å². The molecule has 2 heterocycles. The summed E-state index contributed by atoms with van der Waals surface area (Å²) < 4.78 is 0. The van der Waals surface area contributed by atoms with Gasteiger partial charge in [-0.1, -0.05) is 12.8 Å². The molecule has 0 radical (unpaired) electrons. The Morgan fingerprint density at radius 3 is 2.42 bits per heavy atom. The fraction of sp³-hybridized carbons (Fsp3) is 1.00. The highest BCUT2D eigenvalue weighted by molar-refractivity contribution is 7.99. The van der Waals surface area contributed by atoms with Crippen LogP contribution in [0.1, 0.15) is 51.4 Å². The van der Waals surface area contributed by atoms with E-state index in [9.17, 15) is 0 Å². The van der Waals surface area contributed by atoms with Gasteiger partial charge in [-0.3, -0.25) is 0 Å². The highest BCUT2D eigenvalue weighted by Gasteiger charge is 2.27. The zero-order chi connectivity index (χ0) is 12.9. The van der Waals surface area contributed by atoms with E-state index in [0.29, 0.717) is 0 Å². The van der Waals surface area contributed by atoms with Crippen LogP contribution >= 0.6 is 11.8 Å². The molecule has 3 aliphatic rings. The zero-order valence-electron chi connectivity index (χ0n) is 12.3. The number of piperidine rings is 1. The smallest absolute Gasteiger partial charge is 0.0158 e. The van der Waals surface area contributed by atoms with Crippen molar-refractivity contribution in [3.8, 4) is 0 Å². The first-order valence-corrected chi connectivity index (χ1v) is 9.62. The Bertz CT molecular complexity index is 251. The Kier molecular flexibility index (Phi) is 5.48. The lowest BCUT2D eigenvalue weighted by molar-refractivity contribution is 0.132. The van der Waals surface area contributed by atoms with E-state index in [0.717, 1.165) is 18.0 Å². The van der Waals surface area contributed by atoms with Crippen molar-refractivity contribution in [1.29, 1.82) is 0 Å². The normalized spacial score (nSPS) is 31.9. The number of hydrogen-bond acceptors (Lipinski definition) is 3. The molecule has 0 bridgehead atoms. The van der Waals surface area contributed by atoms with E-state index in [1.165, 1.54) is 82.5 Å². The van der Waals surface area contributed by atoms with Gasteiger partial charge in [-0.05, 0) is 69.8 Å². The predicted molar refractivity (Wildman–Crippen MR) is 84.9 cm³/mol. The molecule has 1 atom stereocenters. The molecule has 0 aromatic rings. The van der Waals surface area contributed by atoms with Crippen LogP contribution in [0.15, 0.2) is 0 Å². The number of nitrogens with one attached hydrogen (secondary N) is 1. The third-order valence-electron chi connectivity index (χ3n) is 5.35. The summed E-state index contributed by atoms with van der Waals surface area (Å²) in [6.45, 7) is 4.02. The van der Waals surface area contributed by atoms with Crippen LogP contribution in [-0.2, 0) is 0 Å². The maximum absolute atomic E-state index is 3.84. The number of likely N-dealkylation sites (tertiary alicyclic amines) is 1. The SMILES string of the molecule is C1CCC(N2CCC(CN[C@H]3CCCSC3)CC2)C1. The standard InChI is InChI=1S/C16H30N2S/c1-2-6-16(5-1)18-9-7-14(8-10-18)12-17-15-4-3-11-19-13-15/h14-17H,1-13H2/t15-/m0/s1. The van der Waals surface area contributed by atoms with E-state index in [-0.39, 0.29) is 0 Å². The van der Waals surface area contributed by atoms with Gasteiger partial charge in [0.1, 0.15) is 0 Å². The zero-order valence-corrected chi connectivity index (χ0v) is 13.1. The van der Waals surface area contributed by atoms with Crippen molar-refractivity contribution in [3.05, 3.63) is 0 Å². The van der Waals surface area contributed by atoms with E-state index in [4.69, 9.17) is 0 Å². The van der Waals surface area contributed by atoms with Gasteiger partial charge in [-0.25, -0.2) is 0 Å². The number of hydrogen-bond donors (Lipinski definition) is 1. The first kappa shape index (κ1) is 14.2. The quantitative estimate of drug-likeness (QED) is 0.853. The largest absolute Gasteiger partial charge is 0.313 e. The van der Waals surface area contributed by atoms with E-state index in [1.807, 2.05) is 0 Å². The lowest BCUT2D eigenvalue weighted by atomic mass is 9.95. The maximum Gasteiger partial charge on any atom is 0.0158 e. The molecule has 2 saturated heterocycles. The fourth-order valence-corrected chi connectivity index (χ4v) is 5.13. The molecule has 19 heavy (non-hydrogen) atoms. The summed E-state index contributed by atoms with van der Waals surface area (Å²) in [4.78, 5) is 2.79. The van der Waals surface area contributed by atoms with Crippen LogP contribution in [0.4, 0.5) is 0 Å². The van der Waals surface area contributed by atoms with Gasteiger partial charge < -0.3 is 10.2 Å². The molecule has 1 aliphatic carbocycles. The van der Waals surface area contributed by atoms with Gasteiger partial charge in [0, 0.05) is 17.8 Å². The number of thioether (sulfide) groups is 1. The third kappa shape index (κ3) is 4.12. The number of nitrogens with zero attached hydrogens (tertiary/aromatic N) is 1. The topological polar surface area (TPSA) is 15.3 Å². The Balaban J connectivity index is 1.33. The van der Waals surface area contributed by atoms with Gasteiger partial charge >= 0.3 is 0 Å². The van der Waals surface area contributed by atoms with Gasteiger partial charge in [0.15, 0.2) is 0 Å². The molecule has 1 saturated carbocycles. The van der Waals surface area contributed by atoms with E-state index >= 15 is 0 Å². The highest BCUT2D eigenvalue weighted by atomic mass is 32.2. The molecule has 0 aromatic heterocycles. The molecular formula is C16H30N2S. The summed E-state index contributed by atoms with van der Waals surface area (Å²) in [5.74, 6) is 3.68. The molecule has 0 aromatic carbocycles. The van der Waals surface area contributed by atoms with Crippen molar-refractivity contribution in [2.75, 3.05) is 31.1 Å². The fourth-order valence-electron chi connectivity index (χ4n) is 4.03. The molecule has 1 N–H and O–H groups in total. The van der Waals surface area contributed by atoms with Crippen molar-refractivity contribution in [3.63, 3.8) is 0 Å². The second-order valence-electron chi connectivity index (χ2n) is 6.74. The molecule has 0 spiro atoms. The average molecular weight is 282 g/mol. The van der Waals surface area contributed by atoms with Gasteiger partial charge in [0.25, 0.3) is 0 Å². The summed E-state index contributed by atoms with van der Waals surface area (Å²) >= 11 is 2.14. The van der Waals surface area contributed by atoms with Gasteiger partial charge in [0.05, 0.1) is 0 Å². The van der Waals surface area contributed by atoms with Crippen LogP contribution in [0.3, 0.4) is 0 Å². The summed E-state index contributed by atoms with van der Waals surface area (Å²) in [5.41, 5.74) is 0. The van der Waals surface area contributed by atoms with Crippen molar-refractivity contribution in [1.82, 2.24) is 10.2 Å². The first-order valence-electron chi connectivity index (χ1n) is 8.47. The third-order valence-corrected chi connectivity index (χ3v) is 6.56. The van der Waals surface area contributed by atoms with E-state index < -0.39 is 0 Å². The molecule has 2 nitrogen and oxygen atoms in total. The van der Waals surface area contributed by atoms with E-state index in [2.05, 4.69) is 22.0 Å². The lowest BCUT2D eigenvalue weighted by Gasteiger charge is -2.36. The second kappa shape index (κ2) is 7.33. The molecule has 2 aliphatic heterocycles. The van der Waals surface area contributed by atoms with Crippen LogP contribution in [0.25, 0.3) is 0 Å². The molecule has 3 fully saturated rings. The maximum atomic E-state index is 3.84. The summed E-state index contributed by atoms with van der Waals surface area (Å²) in [5, 5.41) is 3.84. The molecule has 0 amide bonds. The van der Waals surface area contributed by atoms with Crippen molar-refractivity contribution in [2.24, 2.45) is 5.92 Å². The van der Waals surface area contributed by atoms with Crippen molar-refractivity contribution in [2.45, 2.75) is 63.5 Å². The second-order valence-corrected chi connectivity index (χ2v) is 7.89. The monoisotopic (exact) mass is 282 g/mol. The van der Waals surface area contributed by atoms with Crippen LogP contribution in [0.5, 0.6) is 0 Å². The summed E-state index contributed by atoms with van der Waals surface area (Å²) in [7, 11) is 0. The van der Waals surface area contributed by atoms with Gasteiger partial charge in [-0.15, -0.1) is 0 Å². The van der Waals surface area contributed by atoms with Gasteiger partial charge in [-0.2, -0.15) is 11.8 Å². The summed E-state index contributed by atoms with van der Waals surface area (Å²) in [6.07, 6.45) is 11.6. The molecule has 0 unspecified atom stereocenters. The molecule has 3 rings (SSSR count). The van der Waals surface area contributed by atoms with Crippen LogP contribution in [0.2, 0.25) is 0 Å². The van der Waals surface area contributed by atoms with Crippen LogP contribution in [-0.4, -0.2) is 48.1 Å². The Morgan fingerprint density at radius 2 is 1.74 bits per heavy atom. The Hall–Kier alpha value is 0.270. The minimum Gasteiger partial charge on any atom is -0.313 e. The average Bonchev–Trinajstić information content (AvgIpc) is 3.01. The number of rotatable bonds is 4. The minimum atomic E-state index is 0.812.